The normalized spacial score (nSPS) is 13.2. The highest BCUT2D eigenvalue weighted by atomic mass is 32.2. The van der Waals surface area contributed by atoms with Crippen molar-refractivity contribution in [2.75, 3.05) is 5.75 Å². The van der Waals surface area contributed by atoms with Gasteiger partial charge in [-0.3, -0.25) is 0 Å². The number of hydrogen-bond donors (Lipinski definition) is 0. The summed E-state index contributed by atoms with van der Waals surface area (Å²) >= 11 is 1.67. The highest BCUT2D eigenvalue weighted by molar-refractivity contribution is 7.99. The number of hydrogen-bond acceptors (Lipinski definition) is 2. The largest absolute Gasteiger partial charge is 0.256 e. The van der Waals surface area contributed by atoms with Crippen LogP contribution in [-0.2, 0) is 12.8 Å². The molecule has 1 heterocycles. The average Bonchev–Trinajstić information content (AvgIpc) is 2.71. The van der Waals surface area contributed by atoms with Crippen LogP contribution >= 0.6 is 11.8 Å². The Kier molecular flexibility index (Phi) is 3.31. The van der Waals surface area contributed by atoms with Gasteiger partial charge in [-0.2, -0.15) is 5.26 Å². The molecule has 1 aromatic rings. The van der Waals surface area contributed by atoms with Gasteiger partial charge in [0.25, 0.3) is 5.03 Å². The fourth-order valence-corrected chi connectivity index (χ4v) is 2.75. The van der Waals surface area contributed by atoms with Crippen molar-refractivity contribution in [3.8, 4) is 6.07 Å². The second kappa shape index (κ2) is 4.71. The fraction of sp³-hybridized carbons (Fsp3) is 0.385. The van der Waals surface area contributed by atoms with Crippen LogP contribution in [0.15, 0.2) is 23.2 Å². The molecule has 16 heavy (non-hydrogen) atoms. The van der Waals surface area contributed by atoms with Gasteiger partial charge in [0.1, 0.15) is 11.6 Å². The molecule has 3 heteroatoms. The van der Waals surface area contributed by atoms with Gasteiger partial charge >= 0.3 is 0 Å². The Balaban J connectivity index is 2.30. The molecule has 0 saturated carbocycles. The predicted molar refractivity (Wildman–Crippen MR) is 65.3 cm³/mol. The van der Waals surface area contributed by atoms with Crippen LogP contribution in [0.1, 0.15) is 30.2 Å². The van der Waals surface area contributed by atoms with E-state index < -0.39 is 0 Å². The third kappa shape index (κ3) is 2.28. The zero-order valence-corrected chi connectivity index (χ0v) is 10.3. The summed E-state index contributed by atoms with van der Waals surface area (Å²) in [6.07, 6.45) is 3.42. The lowest BCUT2D eigenvalue weighted by atomic mass is 10.2. The Morgan fingerprint density at radius 3 is 3.12 bits per heavy atom. The number of fused-ring (bicyclic) bond motifs is 1. The second-order valence-electron chi connectivity index (χ2n) is 4.23. The van der Waals surface area contributed by atoms with E-state index in [1.165, 1.54) is 17.7 Å². The minimum Gasteiger partial charge on any atom is -0.202 e. The van der Waals surface area contributed by atoms with E-state index in [0.29, 0.717) is 0 Å². The molecule has 1 aliphatic carbocycles. The molecule has 0 fully saturated rings. The molecule has 2 rings (SSSR count). The number of aromatic amines is 1. The summed E-state index contributed by atoms with van der Waals surface area (Å²) in [5.41, 5.74) is 4.52. The Morgan fingerprint density at radius 2 is 2.44 bits per heavy atom. The monoisotopic (exact) mass is 231 g/mol. The zero-order valence-electron chi connectivity index (χ0n) is 9.47. The van der Waals surface area contributed by atoms with Crippen molar-refractivity contribution in [2.45, 2.75) is 31.2 Å². The third-order valence-corrected chi connectivity index (χ3v) is 3.92. The first-order chi connectivity index (χ1) is 7.70. The number of rotatable bonds is 3. The van der Waals surface area contributed by atoms with Gasteiger partial charge in [0.15, 0.2) is 5.69 Å². The summed E-state index contributed by atoms with van der Waals surface area (Å²) in [4.78, 5) is 3.40. The Hall–Kier alpha value is -1.27. The van der Waals surface area contributed by atoms with Crippen LogP contribution in [0.25, 0.3) is 0 Å². The number of nitrogens with one attached hydrogen (secondary N) is 1. The van der Waals surface area contributed by atoms with Gasteiger partial charge in [-0.05, 0) is 25.8 Å². The number of aromatic nitrogens is 1. The van der Waals surface area contributed by atoms with Crippen molar-refractivity contribution in [1.29, 1.82) is 5.26 Å². The second-order valence-corrected chi connectivity index (χ2v) is 5.21. The van der Waals surface area contributed by atoms with Crippen LogP contribution in [0.3, 0.4) is 0 Å². The van der Waals surface area contributed by atoms with Crippen molar-refractivity contribution in [3.63, 3.8) is 0 Å². The summed E-state index contributed by atoms with van der Waals surface area (Å²) in [6, 6.07) is 4.31. The number of aryl methyl sites for hydroxylation is 2. The van der Waals surface area contributed by atoms with E-state index in [2.05, 4.69) is 17.6 Å². The van der Waals surface area contributed by atoms with Gasteiger partial charge in [-0.15, -0.1) is 0 Å². The van der Waals surface area contributed by atoms with Crippen molar-refractivity contribution < 1.29 is 4.98 Å². The van der Waals surface area contributed by atoms with Crippen LogP contribution in [-0.4, -0.2) is 5.75 Å². The SMILES string of the molecule is C=C(C)CSc1[nH+]c2c(cc1C#N)CCC2. The van der Waals surface area contributed by atoms with Crippen molar-refractivity contribution in [3.05, 3.63) is 35.0 Å². The minimum absolute atomic E-state index is 0.770. The van der Waals surface area contributed by atoms with Crippen LogP contribution < -0.4 is 4.98 Å². The van der Waals surface area contributed by atoms with E-state index in [1.807, 2.05) is 13.0 Å². The van der Waals surface area contributed by atoms with Crippen LogP contribution in [0, 0.1) is 11.3 Å². The Morgan fingerprint density at radius 1 is 1.62 bits per heavy atom. The van der Waals surface area contributed by atoms with Crippen molar-refractivity contribution >= 4 is 11.8 Å². The Labute approximate surface area is 100 Å². The molecule has 0 atom stereocenters. The van der Waals surface area contributed by atoms with Gasteiger partial charge < -0.3 is 0 Å². The van der Waals surface area contributed by atoms with E-state index in [-0.39, 0.29) is 0 Å². The summed E-state index contributed by atoms with van der Waals surface area (Å²) in [6.45, 7) is 5.89. The van der Waals surface area contributed by atoms with Crippen molar-refractivity contribution in [1.82, 2.24) is 0 Å². The number of nitriles is 1. The molecule has 0 unspecified atom stereocenters. The molecule has 1 N–H and O–H groups in total. The number of pyridine rings is 1. The van der Waals surface area contributed by atoms with Gasteiger partial charge in [-0.25, -0.2) is 4.98 Å². The molecule has 0 radical (unpaired) electrons. The molecular formula is C13H15N2S+. The summed E-state index contributed by atoms with van der Waals surface area (Å²) < 4.78 is 0. The third-order valence-electron chi connectivity index (χ3n) is 2.67. The lowest BCUT2D eigenvalue weighted by Gasteiger charge is -2.00. The number of thioether (sulfide) groups is 1. The highest BCUT2D eigenvalue weighted by Crippen LogP contribution is 2.25. The van der Waals surface area contributed by atoms with Crippen molar-refractivity contribution in [2.24, 2.45) is 0 Å². The van der Waals surface area contributed by atoms with E-state index in [4.69, 9.17) is 5.26 Å². The molecule has 2 nitrogen and oxygen atoms in total. The minimum atomic E-state index is 0.770. The van der Waals surface area contributed by atoms with E-state index in [9.17, 15) is 0 Å². The van der Waals surface area contributed by atoms with E-state index in [0.717, 1.165) is 34.8 Å². The van der Waals surface area contributed by atoms with Gasteiger partial charge in [0.2, 0.25) is 0 Å². The number of H-pyrrole nitrogens is 1. The zero-order chi connectivity index (χ0) is 11.5. The molecule has 1 aromatic heterocycles. The maximum Gasteiger partial charge on any atom is 0.256 e. The first-order valence-corrected chi connectivity index (χ1v) is 6.44. The smallest absolute Gasteiger partial charge is 0.202 e. The predicted octanol–water partition coefficient (Wildman–Crippen LogP) is 2.53. The quantitative estimate of drug-likeness (QED) is 0.592. The fourth-order valence-electron chi connectivity index (χ4n) is 1.91. The number of nitrogens with zero attached hydrogens (tertiary/aromatic N) is 1. The maximum atomic E-state index is 9.11. The first kappa shape index (κ1) is 11.2. The van der Waals surface area contributed by atoms with Crippen LogP contribution in [0.4, 0.5) is 0 Å². The lowest BCUT2D eigenvalue weighted by Crippen LogP contribution is -2.16. The molecular weight excluding hydrogens is 216 g/mol. The average molecular weight is 231 g/mol. The van der Waals surface area contributed by atoms with Crippen LogP contribution in [0.5, 0.6) is 0 Å². The molecule has 82 valence electrons. The van der Waals surface area contributed by atoms with Gasteiger partial charge in [0.05, 0.1) is 0 Å². The first-order valence-electron chi connectivity index (χ1n) is 5.46. The van der Waals surface area contributed by atoms with E-state index in [1.54, 1.807) is 11.8 Å². The highest BCUT2D eigenvalue weighted by Gasteiger charge is 2.22. The summed E-state index contributed by atoms with van der Waals surface area (Å²) in [7, 11) is 0. The standard InChI is InChI=1S/C13H14N2S/c1-9(2)8-16-13-11(7-14)6-10-4-3-5-12(10)15-13/h6H,1,3-5,8H2,2H3/p+1. The molecule has 0 aliphatic heterocycles. The van der Waals surface area contributed by atoms with Crippen LogP contribution in [0.2, 0.25) is 0 Å². The topological polar surface area (TPSA) is 37.9 Å². The molecule has 0 amide bonds. The molecule has 0 aromatic carbocycles. The molecule has 0 saturated heterocycles. The van der Waals surface area contributed by atoms with Gasteiger partial charge in [0, 0.05) is 17.7 Å². The Bertz CT molecular complexity index is 472. The maximum absolute atomic E-state index is 9.11. The molecule has 1 aliphatic rings. The van der Waals surface area contributed by atoms with E-state index >= 15 is 0 Å². The summed E-state index contributed by atoms with van der Waals surface area (Å²) in [5.74, 6) is 0.865. The molecule has 0 bridgehead atoms. The molecule has 0 spiro atoms. The lowest BCUT2D eigenvalue weighted by molar-refractivity contribution is -0.437. The summed E-state index contributed by atoms with van der Waals surface area (Å²) in [5, 5.41) is 10.1. The van der Waals surface area contributed by atoms with Gasteiger partial charge in [-0.1, -0.05) is 23.9 Å².